The second-order valence-corrected chi connectivity index (χ2v) is 13.7. The summed E-state index contributed by atoms with van der Waals surface area (Å²) in [4.78, 5) is 38.4. The topological polar surface area (TPSA) is 105 Å². The van der Waals surface area contributed by atoms with Gasteiger partial charge in [0.25, 0.3) is 0 Å². The summed E-state index contributed by atoms with van der Waals surface area (Å²) in [5.74, 6) is 2.00. The molecule has 1 N–H and O–H groups in total. The number of hydrogen-bond donors (Lipinski definition) is 1. The number of nitrogens with one attached hydrogen (secondary N) is 1. The summed E-state index contributed by atoms with van der Waals surface area (Å²) in [6.45, 7) is 6.82. The lowest BCUT2D eigenvalue weighted by molar-refractivity contribution is -0.124. The van der Waals surface area contributed by atoms with Crippen molar-refractivity contribution >= 4 is 23.3 Å². The highest BCUT2D eigenvalue weighted by Gasteiger charge is 2.26. The summed E-state index contributed by atoms with van der Waals surface area (Å²) in [7, 11) is 5.67. The van der Waals surface area contributed by atoms with E-state index in [2.05, 4.69) is 48.3 Å². The lowest BCUT2D eigenvalue weighted by Gasteiger charge is -2.28. The molecule has 2 aliphatic rings. The first kappa shape index (κ1) is 33.6. The average Bonchev–Trinajstić information content (AvgIpc) is 3.48. The van der Waals surface area contributed by atoms with Gasteiger partial charge in [0.05, 0.1) is 6.20 Å². The van der Waals surface area contributed by atoms with Gasteiger partial charge in [0, 0.05) is 51.6 Å². The maximum absolute atomic E-state index is 13.3. The van der Waals surface area contributed by atoms with Gasteiger partial charge in [0.2, 0.25) is 11.9 Å². The molecule has 0 radical (unpaired) electrons. The van der Waals surface area contributed by atoms with Crippen LogP contribution in [0.2, 0.25) is 0 Å². The maximum atomic E-state index is 13.3. The highest BCUT2D eigenvalue weighted by atomic mass is 16.5. The highest BCUT2D eigenvalue weighted by molar-refractivity contribution is 5.87. The van der Waals surface area contributed by atoms with Crippen LogP contribution in [-0.2, 0) is 22.6 Å². The number of carbonyl (C=O) groups excluding carboxylic acids is 2. The average molecular weight is 630 g/mol. The summed E-state index contributed by atoms with van der Waals surface area (Å²) in [5.41, 5.74) is 3.94. The molecular weight excluding hydrogens is 578 g/mol. The minimum atomic E-state index is 0.0284. The Balaban J connectivity index is 1.16. The fourth-order valence-corrected chi connectivity index (χ4v) is 6.52. The number of aromatic nitrogens is 4. The van der Waals surface area contributed by atoms with Crippen LogP contribution in [0.1, 0.15) is 87.8 Å². The molecule has 1 aliphatic heterocycles. The van der Waals surface area contributed by atoms with Crippen LogP contribution in [0.5, 0.6) is 6.01 Å². The fourth-order valence-electron chi connectivity index (χ4n) is 6.52. The van der Waals surface area contributed by atoms with Crippen molar-refractivity contribution in [3.05, 3.63) is 59.3 Å². The summed E-state index contributed by atoms with van der Waals surface area (Å²) in [5, 5.41) is 8.07. The first-order valence-corrected chi connectivity index (χ1v) is 17.0. The van der Waals surface area contributed by atoms with Crippen molar-refractivity contribution in [1.29, 1.82) is 0 Å². The van der Waals surface area contributed by atoms with E-state index in [1.54, 1.807) is 29.6 Å². The van der Waals surface area contributed by atoms with Crippen LogP contribution < -0.4 is 10.1 Å². The number of anilines is 1. The largest absolute Gasteiger partial charge is 0.460 e. The minimum Gasteiger partial charge on any atom is -0.460 e. The van der Waals surface area contributed by atoms with Crippen LogP contribution in [0, 0.1) is 11.8 Å². The number of hydrogen-bond acceptors (Lipinski definition) is 8. The van der Waals surface area contributed by atoms with Crippen LogP contribution in [0.4, 0.5) is 5.95 Å². The number of carbonyl (C=O) groups is 2. The van der Waals surface area contributed by atoms with Gasteiger partial charge < -0.3 is 19.9 Å². The maximum Gasteiger partial charge on any atom is 0.322 e. The van der Waals surface area contributed by atoms with E-state index in [4.69, 9.17) is 14.7 Å². The Hall–Kier alpha value is -3.79. The number of Topliss-reactive ketones (excluding diaryl/α,β-unsaturated/α-hetero) is 1. The molecular formula is C36H51N7O3. The van der Waals surface area contributed by atoms with Gasteiger partial charge in [-0.05, 0) is 87.5 Å². The summed E-state index contributed by atoms with van der Waals surface area (Å²) in [6, 6.07) is 8.66. The first-order valence-electron chi connectivity index (χ1n) is 17.0. The monoisotopic (exact) mass is 629 g/mol. The quantitative estimate of drug-likeness (QED) is 0.241. The van der Waals surface area contributed by atoms with Crippen molar-refractivity contribution in [3.8, 4) is 6.01 Å². The number of piperidine rings is 1. The molecule has 10 heteroatoms. The normalized spacial score (nSPS) is 19.6. The van der Waals surface area contributed by atoms with Gasteiger partial charge in [-0.3, -0.25) is 9.59 Å². The van der Waals surface area contributed by atoms with E-state index in [-0.39, 0.29) is 23.8 Å². The predicted octanol–water partition coefficient (Wildman–Crippen LogP) is 5.68. The number of likely N-dealkylation sites (N-methyl/N-ethyl adjacent to an activating group) is 1. The van der Waals surface area contributed by atoms with Crippen molar-refractivity contribution in [2.75, 3.05) is 39.5 Å². The molecule has 5 rings (SSSR count). The predicted molar refractivity (Wildman–Crippen MR) is 181 cm³/mol. The van der Waals surface area contributed by atoms with Gasteiger partial charge in [-0.15, -0.1) is 0 Å². The van der Waals surface area contributed by atoms with E-state index in [0.717, 1.165) is 86.8 Å². The Morgan fingerprint density at radius 2 is 1.80 bits per heavy atom. The van der Waals surface area contributed by atoms with Crippen LogP contribution >= 0.6 is 0 Å². The van der Waals surface area contributed by atoms with Crippen molar-refractivity contribution in [1.82, 2.24) is 29.4 Å². The summed E-state index contributed by atoms with van der Waals surface area (Å²) < 4.78 is 8.06. The Morgan fingerprint density at radius 3 is 2.52 bits per heavy atom. The summed E-state index contributed by atoms with van der Waals surface area (Å²) in [6.07, 6.45) is 14.0. The number of ether oxygens (including phenoxy) is 1. The molecule has 3 heterocycles. The number of amides is 1. The molecule has 0 unspecified atom stereocenters. The van der Waals surface area contributed by atoms with Crippen molar-refractivity contribution in [3.63, 3.8) is 0 Å². The standard InChI is InChI=1S/C36H51N7O3/c1-25(2)31-24-38-43-34(31)39-36(46-30-17-19-42(5)20-18-30)40-35(43)37-23-28-11-8-10-27(21-28)22-32(44)29-15-13-26(14-16-29)9-6-7-12-33(45)41(3)4/h7-8,10-12,21,24-26,29-30H,6,9,13-20,22-23H2,1-5H3,(H,37,39,40)/b12-7+. The van der Waals surface area contributed by atoms with Crippen molar-refractivity contribution in [2.45, 2.75) is 90.2 Å². The molecule has 1 saturated heterocycles. The third-order valence-corrected chi connectivity index (χ3v) is 9.50. The molecule has 1 aromatic carbocycles. The molecule has 0 bridgehead atoms. The minimum absolute atomic E-state index is 0.0284. The summed E-state index contributed by atoms with van der Waals surface area (Å²) >= 11 is 0. The van der Waals surface area contributed by atoms with Gasteiger partial charge in [0.15, 0.2) is 5.65 Å². The lowest BCUT2D eigenvalue weighted by Crippen LogP contribution is -2.36. The fraction of sp³-hybridized carbons (Fsp3) is 0.583. The molecule has 2 fully saturated rings. The number of allylic oxidation sites excluding steroid dienone is 1. The molecule has 1 aliphatic carbocycles. The number of ketones is 1. The number of rotatable bonds is 13. The van der Waals surface area contributed by atoms with Gasteiger partial charge >= 0.3 is 6.01 Å². The first-order chi connectivity index (χ1) is 22.2. The van der Waals surface area contributed by atoms with Crippen LogP contribution in [0.3, 0.4) is 0 Å². The van der Waals surface area contributed by atoms with E-state index in [1.165, 1.54) is 0 Å². The molecule has 248 valence electrons. The van der Waals surface area contributed by atoms with Gasteiger partial charge in [-0.2, -0.15) is 19.6 Å². The number of fused-ring (bicyclic) bond motifs is 1. The molecule has 1 saturated carbocycles. The second-order valence-electron chi connectivity index (χ2n) is 13.7. The van der Waals surface area contributed by atoms with E-state index >= 15 is 0 Å². The van der Waals surface area contributed by atoms with E-state index < -0.39 is 0 Å². The van der Waals surface area contributed by atoms with Gasteiger partial charge in [0.1, 0.15) is 11.9 Å². The van der Waals surface area contributed by atoms with E-state index in [0.29, 0.717) is 36.6 Å². The molecule has 1 amide bonds. The zero-order valence-corrected chi connectivity index (χ0v) is 28.2. The molecule has 46 heavy (non-hydrogen) atoms. The third-order valence-electron chi connectivity index (χ3n) is 9.50. The Morgan fingerprint density at radius 1 is 1.07 bits per heavy atom. The highest BCUT2D eigenvalue weighted by Crippen LogP contribution is 2.33. The van der Waals surface area contributed by atoms with E-state index in [1.807, 2.05) is 24.4 Å². The van der Waals surface area contributed by atoms with Gasteiger partial charge in [-0.25, -0.2) is 0 Å². The lowest BCUT2D eigenvalue weighted by atomic mass is 9.77. The number of nitrogens with zero attached hydrogens (tertiary/aromatic N) is 6. The Bertz CT molecular complexity index is 1500. The zero-order chi connectivity index (χ0) is 32.6. The van der Waals surface area contributed by atoms with E-state index in [9.17, 15) is 9.59 Å². The second kappa shape index (κ2) is 15.7. The molecule has 2 aromatic heterocycles. The molecule has 3 aromatic rings. The number of benzene rings is 1. The third kappa shape index (κ3) is 8.93. The van der Waals surface area contributed by atoms with Crippen LogP contribution in [-0.4, -0.2) is 81.4 Å². The van der Waals surface area contributed by atoms with Crippen LogP contribution in [0.15, 0.2) is 42.6 Å². The van der Waals surface area contributed by atoms with Crippen LogP contribution in [0.25, 0.3) is 5.65 Å². The number of likely N-dealkylation sites (tertiary alicyclic amines) is 1. The smallest absolute Gasteiger partial charge is 0.322 e. The molecule has 0 atom stereocenters. The van der Waals surface area contributed by atoms with Crippen molar-refractivity contribution < 1.29 is 14.3 Å². The SMILES string of the molecule is CC(C)c1cnn2c(NCc3cccc(CC(=O)C4CCC(CC/C=C/C(=O)N(C)C)CC4)c3)nc(OC3CCN(C)CC3)nc12. The zero-order valence-electron chi connectivity index (χ0n) is 28.2. The molecule has 10 nitrogen and oxygen atoms in total. The molecule has 0 spiro atoms. The van der Waals surface area contributed by atoms with Crippen molar-refractivity contribution in [2.24, 2.45) is 11.8 Å². The Labute approximate surface area is 273 Å². The van der Waals surface area contributed by atoms with Gasteiger partial charge in [-0.1, -0.05) is 44.2 Å². The Kier molecular flexibility index (Phi) is 11.4.